The number of benzene rings is 10. The molecular weight excluding hydrogens is 749 g/mol. The van der Waals surface area contributed by atoms with Gasteiger partial charge in [-0.25, -0.2) is 0 Å². The zero-order chi connectivity index (χ0) is 41.6. The normalized spacial score (nSPS) is 11.4. The second-order valence-corrected chi connectivity index (χ2v) is 16.3. The summed E-state index contributed by atoms with van der Waals surface area (Å²) in [6.45, 7) is 4.44. The van der Waals surface area contributed by atoms with Crippen LogP contribution in [0.25, 0.3) is 82.8 Å². The maximum Gasteiger partial charge on any atom is 0.0562 e. The van der Waals surface area contributed by atoms with Crippen LogP contribution in [-0.4, -0.2) is 4.57 Å². The molecule has 0 aliphatic heterocycles. The SMILES string of the molecule is Cc1cc(C)c2c3ccc(N(c4ccc(-c5ccc(-c6ccccc6)cc5-c5ccccc5)cc4)c4ccc5ccccc5c4-c4ccccc4)cc3n(-c3ccccc3)c2c1. The second kappa shape index (κ2) is 15.6. The first-order valence-electron chi connectivity index (χ1n) is 21.4. The standard InChI is InChI=1S/C60H44N2/c1-41-37-42(2)59-54-35-33-51(40-57(54)62(58(59)38-41)49-24-13-6-14-25-49)61(56-36-30-45-21-15-16-26-53(45)60(56)47-22-11-5-12-23-47)50-31-27-46(28-32-50)52-34-29-48(43-17-7-3-8-18-43)39-55(52)44-19-9-4-10-20-44/h3-40H,1-2H3. The molecule has 0 fully saturated rings. The molecule has 11 aromatic rings. The number of anilines is 3. The van der Waals surface area contributed by atoms with Gasteiger partial charge in [0.1, 0.15) is 0 Å². The Balaban J connectivity index is 1.14. The van der Waals surface area contributed by atoms with Gasteiger partial charge in [0.25, 0.3) is 0 Å². The van der Waals surface area contributed by atoms with E-state index in [-0.39, 0.29) is 0 Å². The summed E-state index contributed by atoms with van der Waals surface area (Å²) in [7, 11) is 0. The van der Waals surface area contributed by atoms with Crippen molar-refractivity contribution >= 4 is 49.6 Å². The molecule has 0 amide bonds. The molecule has 0 atom stereocenters. The van der Waals surface area contributed by atoms with Gasteiger partial charge in [-0.3, -0.25) is 0 Å². The summed E-state index contributed by atoms with van der Waals surface area (Å²) in [5.74, 6) is 0. The van der Waals surface area contributed by atoms with Gasteiger partial charge in [-0.15, -0.1) is 0 Å². The van der Waals surface area contributed by atoms with Gasteiger partial charge in [-0.05, 0) is 129 Å². The Labute approximate surface area is 363 Å². The van der Waals surface area contributed by atoms with Gasteiger partial charge in [0.2, 0.25) is 0 Å². The molecule has 62 heavy (non-hydrogen) atoms. The zero-order valence-electron chi connectivity index (χ0n) is 34.8. The Morgan fingerprint density at radius 1 is 0.371 bits per heavy atom. The first kappa shape index (κ1) is 37.1. The maximum atomic E-state index is 2.46. The summed E-state index contributed by atoms with van der Waals surface area (Å²) < 4.78 is 2.44. The average Bonchev–Trinajstić information content (AvgIpc) is 3.66. The Bertz CT molecular complexity index is 3390. The lowest BCUT2D eigenvalue weighted by Crippen LogP contribution is -2.11. The highest BCUT2D eigenvalue weighted by Gasteiger charge is 2.23. The van der Waals surface area contributed by atoms with Crippen molar-refractivity contribution in [2.24, 2.45) is 0 Å². The van der Waals surface area contributed by atoms with Crippen LogP contribution >= 0.6 is 0 Å². The van der Waals surface area contributed by atoms with E-state index in [9.17, 15) is 0 Å². The van der Waals surface area contributed by atoms with Crippen LogP contribution < -0.4 is 4.90 Å². The summed E-state index contributed by atoms with van der Waals surface area (Å²) >= 11 is 0. The Morgan fingerprint density at radius 2 is 0.968 bits per heavy atom. The summed E-state index contributed by atoms with van der Waals surface area (Å²) in [4.78, 5) is 2.46. The number of hydrogen-bond acceptors (Lipinski definition) is 1. The third-order valence-corrected chi connectivity index (χ3v) is 12.3. The predicted molar refractivity (Wildman–Crippen MR) is 264 cm³/mol. The van der Waals surface area contributed by atoms with Crippen LogP contribution in [0.5, 0.6) is 0 Å². The Kier molecular flexibility index (Phi) is 9.32. The molecule has 0 saturated carbocycles. The maximum absolute atomic E-state index is 2.46. The van der Waals surface area contributed by atoms with E-state index in [1.54, 1.807) is 0 Å². The third-order valence-electron chi connectivity index (χ3n) is 12.3. The van der Waals surface area contributed by atoms with Crippen LogP contribution in [0.3, 0.4) is 0 Å². The van der Waals surface area contributed by atoms with Gasteiger partial charge in [0.05, 0.1) is 16.7 Å². The van der Waals surface area contributed by atoms with Gasteiger partial charge >= 0.3 is 0 Å². The molecule has 1 aromatic heterocycles. The molecule has 10 aromatic carbocycles. The van der Waals surface area contributed by atoms with E-state index in [1.165, 1.54) is 88.2 Å². The fourth-order valence-corrected chi connectivity index (χ4v) is 9.55. The Hall–Kier alpha value is -7.94. The zero-order valence-corrected chi connectivity index (χ0v) is 34.8. The summed E-state index contributed by atoms with van der Waals surface area (Å²) in [6, 6.07) is 84.1. The van der Waals surface area contributed by atoms with Crippen LogP contribution in [0, 0.1) is 13.8 Å². The number of aromatic nitrogens is 1. The summed E-state index contributed by atoms with van der Waals surface area (Å²) in [5.41, 5.74) is 18.9. The molecule has 11 rings (SSSR count). The van der Waals surface area contributed by atoms with E-state index in [0.717, 1.165) is 22.7 Å². The molecule has 294 valence electrons. The minimum Gasteiger partial charge on any atom is -0.310 e. The second-order valence-electron chi connectivity index (χ2n) is 16.3. The Morgan fingerprint density at radius 3 is 1.69 bits per heavy atom. The minimum atomic E-state index is 1.08. The highest BCUT2D eigenvalue weighted by atomic mass is 15.1. The van der Waals surface area contributed by atoms with Crippen molar-refractivity contribution in [2.75, 3.05) is 4.90 Å². The number of para-hydroxylation sites is 1. The molecule has 1 heterocycles. The molecule has 2 heteroatoms. The largest absolute Gasteiger partial charge is 0.310 e. The molecule has 0 N–H and O–H groups in total. The molecule has 2 nitrogen and oxygen atoms in total. The van der Waals surface area contributed by atoms with Crippen molar-refractivity contribution in [3.63, 3.8) is 0 Å². The third kappa shape index (κ3) is 6.54. The lowest BCUT2D eigenvalue weighted by atomic mass is 9.91. The number of aryl methyl sites for hydroxylation is 2. The lowest BCUT2D eigenvalue weighted by Gasteiger charge is -2.29. The molecule has 0 bridgehead atoms. The first-order valence-corrected chi connectivity index (χ1v) is 21.4. The van der Waals surface area contributed by atoms with Crippen molar-refractivity contribution in [1.82, 2.24) is 4.57 Å². The molecule has 0 saturated heterocycles. The van der Waals surface area contributed by atoms with E-state index in [4.69, 9.17) is 0 Å². The van der Waals surface area contributed by atoms with E-state index in [2.05, 4.69) is 254 Å². The van der Waals surface area contributed by atoms with Gasteiger partial charge in [0.15, 0.2) is 0 Å². The number of nitrogens with zero attached hydrogens (tertiary/aromatic N) is 2. The van der Waals surface area contributed by atoms with Crippen LogP contribution in [0.1, 0.15) is 11.1 Å². The van der Waals surface area contributed by atoms with Gasteiger partial charge in [-0.2, -0.15) is 0 Å². The topological polar surface area (TPSA) is 8.17 Å². The van der Waals surface area contributed by atoms with E-state index in [0.29, 0.717) is 0 Å². The van der Waals surface area contributed by atoms with E-state index >= 15 is 0 Å². The van der Waals surface area contributed by atoms with Gasteiger partial charge < -0.3 is 9.47 Å². The van der Waals surface area contributed by atoms with Crippen LogP contribution in [0.2, 0.25) is 0 Å². The first-order chi connectivity index (χ1) is 30.6. The molecule has 0 aliphatic carbocycles. The molecule has 0 aliphatic rings. The van der Waals surface area contributed by atoms with E-state index < -0.39 is 0 Å². The molecule has 0 unspecified atom stereocenters. The molecule has 0 spiro atoms. The van der Waals surface area contributed by atoms with Crippen LogP contribution in [0.4, 0.5) is 17.1 Å². The van der Waals surface area contributed by atoms with Crippen LogP contribution in [-0.2, 0) is 0 Å². The lowest BCUT2D eigenvalue weighted by molar-refractivity contribution is 1.17. The molecular formula is C60H44N2. The van der Waals surface area contributed by atoms with Gasteiger partial charge in [0, 0.05) is 33.4 Å². The smallest absolute Gasteiger partial charge is 0.0562 e. The fraction of sp³-hybridized carbons (Fsp3) is 0.0333. The van der Waals surface area contributed by atoms with Crippen molar-refractivity contribution < 1.29 is 0 Å². The highest BCUT2D eigenvalue weighted by molar-refractivity contribution is 6.13. The minimum absolute atomic E-state index is 1.08. The summed E-state index contributed by atoms with van der Waals surface area (Å²) in [6.07, 6.45) is 0. The number of fused-ring (bicyclic) bond motifs is 4. The average molecular weight is 793 g/mol. The fourth-order valence-electron chi connectivity index (χ4n) is 9.55. The molecule has 0 radical (unpaired) electrons. The van der Waals surface area contributed by atoms with E-state index in [1.807, 2.05) is 0 Å². The highest BCUT2D eigenvalue weighted by Crippen LogP contribution is 2.47. The van der Waals surface area contributed by atoms with Crippen molar-refractivity contribution in [3.8, 4) is 50.2 Å². The van der Waals surface area contributed by atoms with Crippen molar-refractivity contribution in [1.29, 1.82) is 0 Å². The monoisotopic (exact) mass is 792 g/mol. The van der Waals surface area contributed by atoms with Crippen LogP contribution in [0.15, 0.2) is 231 Å². The number of rotatable bonds is 8. The van der Waals surface area contributed by atoms with Crippen molar-refractivity contribution in [2.45, 2.75) is 13.8 Å². The quantitative estimate of drug-likeness (QED) is 0.149. The predicted octanol–water partition coefficient (Wildman–Crippen LogP) is 16.7. The van der Waals surface area contributed by atoms with Gasteiger partial charge in [-0.1, -0.05) is 176 Å². The summed E-state index contributed by atoms with van der Waals surface area (Å²) in [5, 5.41) is 4.97. The van der Waals surface area contributed by atoms with Crippen molar-refractivity contribution in [3.05, 3.63) is 242 Å². The number of hydrogen-bond donors (Lipinski definition) is 0.